The number of nitriles is 1. The molecule has 0 saturated heterocycles. The molecule has 0 fully saturated rings. The van der Waals surface area contributed by atoms with Crippen LogP contribution in [-0.2, 0) is 11.2 Å². The molecule has 0 saturated carbocycles. The Labute approximate surface area is 77.8 Å². The summed E-state index contributed by atoms with van der Waals surface area (Å²) >= 11 is 0. The van der Waals surface area contributed by atoms with Crippen LogP contribution >= 0.6 is 0 Å². The van der Waals surface area contributed by atoms with Gasteiger partial charge in [-0.05, 0) is 31.0 Å². The molecule has 13 heavy (non-hydrogen) atoms. The van der Waals surface area contributed by atoms with Crippen molar-refractivity contribution in [3.63, 3.8) is 0 Å². The van der Waals surface area contributed by atoms with Gasteiger partial charge in [0.1, 0.15) is 5.78 Å². The first-order chi connectivity index (χ1) is 6.13. The van der Waals surface area contributed by atoms with Gasteiger partial charge in [-0.3, -0.25) is 4.79 Å². The molecule has 2 nitrogen and oxygen atoms in total. The van der Waals surface area contributed by atoms with E-state index in [1.54, 1.807) is 13.0 Å². The molecule has 0 bridgehead atoms. The molecule has 0 aliphatic carbocycles. The van der Waals surface area contributed by atoms with Crippen molar-refractivity contribution in [1.82, 2.24) is 0 Å². The van der Waals surface area contributed by atoms with Crippen LogP contribution in [0, 0.1) is 18.3 Å². The summed E-state index contributed by atoms with van der Waals surface area (Å²) in [7, 11) is 0. The van der Waals surface area contributed by atoms with E-state index in [9.17, 15) is 4.79 Å². The maximum Gasteiger partial charge on any atom is 0.134 e. The van der Waals surface area contributed by atoms with Crippen LogP contribution in [0.5, 0.6) is 0 Å². The van der Waals surface area contributed by atoms with Crippen LogP contribution in [0.15, 0.2) is 18.2 Å². The maximum absolute atomic E-state index is 10.8. The summed E-state index contributed by atoms with van der Waals surface area (Å²) in [6, 6.07) is 7.56. The van der Waals surface area contributed by atoms with Crippen molar-refractivity contribution in [2.45, 2.75) is 20.3 Å². The molecule has 1 aromatic rings. The van der Waals surface area contributed by atoms with Gasteiger partial charge in [0.15, 0.2) is 0 Å². The average Bonchev–Trinajstić information content (AvgIpc) is 2.03. The number of benzene rings is 1. The lowest BCUT2D eigenvalue weighted by Gasteiger charge is -2.00. The molecule has 0 N–H and O–H groups in total. The van der Waals surface area contributed by atoms with Crippen molar-refractivity contribution < 1.29 is 4.79 Å². The second kappa shape index (κ2) is 3.86. The quantitative estimate of drug-likeness (QED) is 0.686. The molecule has 0 aromatic heterocycles. The van der Waals surface area contributed by atoms with Gasteiger partial charge in [0.05, 0.1) is 11.6 Å². The minimum Gasteiger partial charge on any atom is -0.300 e. The number of nitrogens with zero attached hydrogens (tertiary/aromatic N) is 1. The fraction of sp³-hybridized carbons (Fsp3) is 0.273. The fourth-order valence-electron chi connectivity index (χ4n) is 1.25. The van der Waals surface area contributed by atoms with Crippen molar-refractivity contribution in [2.75, 3.05) is 0 Å². The zero-order valence-electron chi connectivity index (χ0n) is 7.79. The molecule has 0 spiro atoms. The maximum atomic E-state index is 10.8. The van der Waals surface area contributed by atoms with Crippen LogP contribution in [0.1, 0.15) is 23.6 Å². The number of ketones is 1. The summed E-state index contributed by atoms with van der Waals surface area (Å²) in [6.45, 7) is 3.44. The van der Waals surface area contributed by atoms with E-state index in [-0.39, 0.29) is 5.78 Å². The molecule has 66 valence electrons. The number of hydrogen-bond donors (Lipinski definition) is 0. The predicted molar refractivity (Wildman–Crippen MR) is 50.3 cm³/mol. The Morgan fingerprint density at radius 2 is 2.23 bits per heavy atom. The van der Waals surface area contributed by atoms with Gasteiger partial charge in [-0.1, -0.05) is 12.1 Å². The van der Waals surface area contributed by atoms with Crippen molar-refractivity contribution in [3.8, 4) is 6.07 Å². The van der Waals surface area contributed by atoms with E-state index in [1.165, 1.54) is 0 Å². The highest BCUT2D eigenvalue weighted by Crippen LogP contribution is 2.10. The zero-order chi connectivity index (χ0) is 9.84. The molecule has 0 heterocycles. The Balaban J connectivity index is 2.97. The summed E-state index contributed by atoms with van der Waals surface area (Å²) in [4.78, 5) is 10.8. The van der Waals surface area contributed by atoms with Crippen LogP contribution in [0.25, 0.3) is 0 Å². The Hall–Kier alpha value is -1.62. The molecular formula is C11H11NO. The van der Waals surface area contributed by atoms with E-state index in [0.29, 0.717) is 12.0 Å². The highest BCUT2D eigenvalue weighted by atomic mass is 16.1. The van der Waals surface area contributed by atoms with Gasteiger partial charge in [0.25, 0.3) is 0 Å². The Morgan fingerprint density at radius 1 is 1.54 bits per heavy atom. The summed E-state index contributed by atoms with van der Waals surface area (Å²) < 4.78 is 0. The fourth-order valence-corrected chi connectivity index (χ4v) is 1.25. The van der Waals surface area contributed by atoms with Crippen molar-refractivity contribution in [2.24, 2.45) is 0 Å². The van der Waals surface area contributed by atoms with E-state index in [0.717, 1.165) is 11.1 Å². The average molecular weight is 173 g/mol. The highest BCUT2D eigenvalue weighted by molar-refractivity contribution is 5.78. The molecule has 1 rings (SSSR count). The van der Waals surface area contributed by atoms with Gasteiger partial charge in [-0.15, -0.1) is 0 Å². The first-order valence-corrected chi connectivity index (χ1v) is 4.12. The number of carbonyl (C=O) groups is 1. The van der Waals surface area contributed by atoms with Crippen LogP contribution in [0.3, 0.4) is 0 Å². The first kappa shape index (κ1) is 9.47. The number of aryl methyl sites for hydroxylation is 1. The predicted octanol–water partition coefficient (Wildman–Crippen LogP) is 2.00. The third-order valence-corrected chi connectivity index (χ3v) is 1.86. The monoisotopic (exact) mass is 173 g/mol. The standard InChI is InChI=1S/C11H11NO/c1-8-5-10(6-9(2)13)3-4-11(8)7-12/h3-5H,6H2,1-2H3. The minimum atomic E-state index is 0.143. The third-order valence-electron chi connectivity index (χ3n) is 1.86. The summed E-state index contributed by atoms with van der Waals surface area (Å²) in [5.41, 5.74) is 2.58. The molecule has 0 amide bonds. The molecule has 1 aromatic carbocycles. The second-order valence-corrected chi connectivity index (χ2v) is 3.14. The second-order valence-electron chi connectivity index (χ2n) is 3.14. The third kappa shape index (κ3) is 2.41. The molecule has 0 aliphatic rings. The van der Waals surface area contributed by atoms with E-state index < -0.39 is 0 Å². The molecule has 0 aliphatic heterocycles. The lowest BCUT2D eigenvalue weighted by Crippen LogP contribution is -1.97. The van der Waals surface area contributed by atoms with Crippen LogP contribution in [-0.4, -0.2) is 5.78 Å². The van der Waals surface area contributed by atoms with E-state index in [1.807, 2.05) is 19.1 Å². The van der Waals surface area contributed by atoms with Gasteiger partial charge in [0, 0.05) is 6.42 Å². The molecule has 0 unspecified atom stereocenters. The van der Waals surface area contributed by atoms with E-state index in [4.69, 9.17) is 5.26 Å². The molecular weight excluding hydrogens is 162 g/mol. The number of hydrogen-bond acceptors (Lipinski definition) is 2. The number of carbonyl (C=O) groups excluding carboxylic acids is 1. The SMILES string of the molecule is CC(=O)Cc1ccc(C#N)c(C)c1. The largest absolute Gasteiger partial charge is 0.300 e. The Bertz CT molecular complexity index is 374. The number of Topliss-reactive ketones (excluding diaryl/α,β-unsaturated/α-hetero) is 1. The van der Waals surface area contributed by atoms with Gasteiger partial charge in [0.2, 0.25) is 0 Å². The lowest BCUT2D eigenvalue weighted by atomic mass is 10.0. The van der Waals surface area contributed by atoms with Gasteiger partial charge >= 0.3 is 0 Å². The van der Waals surface area contributed by atoms with E-state index in [2.05, 4.69) is 6.07 Å². The zero-order valence-corrected chi connectivity index (χ0v) is 7.79. The van der Waals surface area contributed by atoms with Crippen molar-refractivity contribution >= 4 is 5.78 Å². The molecule has 0 atom stereocenters. The normalized spacial score (nSPS) is 9.31. The Kier molecular flexibility index (Phi) is 2.81. The molecule has 2 heteroatoms. The number of rotatable bonds is 2. The van der Waals surface area contributed by atoms with Gasteiger partial charge in [-0.25, -0.2) is 0 Å². The smallest absolute Gasteiger partial charge is 0.134 e. The van der Waals surface area contributed by atoms with Crippen LogP contribution < -0.4 is 0 Å². The first-order valence-electron chi connectivity index (χ1n) is 4.12. The highest BCUT2D eigenvalue weighted by Gasteiger charge is 2.00. The topological polar surface area (TPSA) is 40.9 Å². The molecule has 0 radical (unpaired) electrons. The van der Waals surface area contributed by atoms with Crippen LogP contribution in [0.2, 0.25) is 0 Å². The summed E-state index contributed by atoms with van der Waals surface area (Å²) in [6.07, 6.45) is 0.451. The van der Waals surface area contributed by atoms with Crippen LogP contribution in [0.4, 0.5) is 0 Å². The Morgan fingerprint density at radius 3 is 2.69 bits per heavy atom. The van der Waals surface area contributed by atoms with Gasteiger partial charge in [-0.2, -0.15) is 5.26 Å². The lowest BCUT2D eigenvalue weighted by molar-refractivity contribution is -0.116. The van der Waals surface area contributed by atoms with Crippen molar-refractivity contribution in [1.29, 1.82) is 5.26 Å². The van der Waals surface area contributed by atoms with Gasteiger partial charge < -0.3 is 0 Å². The van der Waals surface area contributed by atoms with E-state index >= 15 is 0 Å². The minimum absolute atomic E-state index is 0.143. The van der Waals surface area contributed by atoms with Crippen molar-refractivity contribution in [3.05, 3.63) is 34.9 Å². The summed E-state index contributed by atoms with van der Waals surface area (Å²) in [5, 5.41) is 8.67. The summed E-state index contributed by atoms with van der Waals surface area (Å²) in [5.74, 6) is 0.143.